The lowest BCUT2D eigenvalue weighted by atomic mass is 10.2. The Kier molecular flexibility index (Phi) is 5.63. The van der Waals surface area contributed by atoms with Gasteiger partial charge in [0.25, 0.3) is 0 Å². The summed E-state index contributed by atoms with van der Waals surface area (Å²) in [7, 11) is 0. The molecule has 0 aliphatic heterocycles. The molecule has 0 aliphatic carbocycles. The first kappa shape index (κ1) is 13.3. The highest BCUT2D eigenvalue weighted by atomic mass is 35.5. The Morgan fingerprint density at radius 1 is 1.50 bits per heavy atom. The summed E-state index contributed by atoms with van der Waals surface area (Å²) < 4.78 is 17.8. The Bertz CT molecular complexity index is 342. The molecule has 0 fully saturated rings. The van der Waals surface area contributed by atoms with E-state index in [2.05, 4.69) is 4.74 Å². The summed E-state index contributed by atoms with van der Waals surface area (Å²) in [6.07, 6.45) is 0. The van der Waals surface area contributed by atoms with Gasteiger partial charge in [0.1, 0.15) is 0 Å². The van der Waals surface area contributed by atoms with E-state index in [-0.39, 0.29) is 6.61 Å². The normalized spacial score (nSPS) is 12.2. The van der Waals surface area contributed by atoms with Crippen LogP contribution >= 0.6 is 23.4 Å². The summed E-state index contributed by atoms with van der Waals surface area (Å²) in [6, 6.07) is 7.06. The molecule has 0 aromatic heterocycles. The van der Waals surface area contributed by atoms with Crippen molar-refractivity contribution in [3.8, 4) is 0 Å². The van der Waals surface area contributed by atoms with Gasteiger partial charge in [-0.15, -0.1) is 11.8 Å². The van der Waals surface area contributed by atoms with E-state index in [1.165, 1.54) is 0 Å². The third kappa shape index (κ3) is 4.41. The van der Waals surface area contributed by atoms with Crippen molar-refractivity contribution in [2.45, 2.75) is 18.2 Å². The molecule has 5 heteroatoms. The number of thioether (sulfide) groups is 1. The zero-order valence-electron chi connectivity index (χ0n) is 8.78. The number of benzene rings is 1. The van der Waals surface area contributed by atoms with Gasteiger partial charge in [-0.2, -0.15) is 0 Å². The van der Waals surface area contributed by atoms with Gasteiger partial charge in [-0.3, -0.25) is 0 Å². The lowest BCUT2D eigenvalue weighted by Gasteiger charge is -2.07. The second kappa shape index (κ2) is 6.76. The van der Waals surface area contributed by atoms with Crippen molar-refractivity contribution in [3.05, 3.63) is 34.9 Å². The molecule has 0 N–H and O–H groups in total. The summed E-state index contributed by atoms with van der Waals surface area (Å²) in [4.78, 5) is 11.0. The summed E-state index contributed by atoms with van der Waals surface area (Å²) in [6.45, 7) is 1.84. The van der Waals surface area contributed by atoms with Gasteiger partial charge in [0.15, 0.2) is 0 Å². The smallest absolute Gasteiger partial charge is 0.351 e. The van der Waals surface area contributed by atoms with Crippen molar-refractivity contribution < 1.29 is 13.9 Å². The van der Waals surface area contributed by atoms with E-state index >= 15 is 0 Å². The second-order valence-electron chi connectivity index (χ2n) is 3.01. The molecule has 0 saturated heterocycles. The quantitative estimate of drug-likeness (QED) is 0.761. The van der Waals surface area contributed by atoms with Gasteiger partial charge in [0.2, 0.25) is 5.50 Å². The number of ether oxygens (including phenoxy) is 1. The molecule has 88 valence electrons. The number of carbonyl (C=O) groups is 1. The fourth-order valence-electron chi connectivity index (χ4n) is 1.03. The maximum Gasteiger partial charge on any atom is 0.351 e. The molecule has 1 atom stereocenters. The predicted octanol–water partition coefficient (Wildman–Crippen LogP) is 3.43. The topological polar surface area (TPSA) is 26.3 Å². The van der Waals surface area contributed by atoms with Crippen molar-refractivity contribution >= 4 is 29.3 Å². The fourth-order valence-corrected chi connectivity index (χ4v) is 1.89. The van der Waals surface area contributed by atoms with Gasteiger partial charge in [-0.1, -0.05) is 23.7 Å². The molecule has 0 saturated carbocycles. The van der Waals surface area contributed by atoms with Gasteiger partial charge in [0.05, 0.1) is 6.61 Å². The van der Waals surface area contributed by atoms with Crippen LogP contribution in [0.4, 0.5) is 4.39 Å². The molecule has 0 bridgehead atoms. The molecule has 0 amide bonds. The molecule has 1 rings (SSSR count). The van der Waals surface area contributed by atoms with E-state index in [9.17, 15) is 9.18 Å². The van der Waals surface area contributed by atoms with Crippen LogP contribution in [-0.2, 0) is 15.3 Å². The summed E-state index contributed by atoms with van der Waals surface area (Å²) in [5.41, 5.74) is -0.711. The van der Waals surface area contributed by atoms with Crippen molar-refractivity contribution in [2.24, 2.45) is 0 Å². The molecule has 0 spiro atoms. The van der Waals surface area contributed by atoms with Crippen molar-refractivity contribution in [2.75, 3.05) is 6.61 Å². The first-order valence-corrected chi connectivity index (χ1v) is 6.23. The average molecular weight is 263 g/mol. The monoisotopic (exact) mass is 262 g/mol. The summed E-state index contributed by atoms with van der Waals surface area (Å²) in [5.74, 6) is -0.404. The number of esters is 1. The third-order valence-electron chi connectivity index (χ3n) is 1.78. The number of alkyl halides is 1. The predicted molar refractivity (Wildman–Crippen MR) is 64.3 cm³/mol. The molecule has 1 unspecified atom stereocenters. The Hall–Kier alpha value is -0.740. The zero-order valence-corrected chi connectivity index (χ0v) is 10.4. The standard InChI is InChI=1S/C11H12ClFO2S/c1-2-15-11(14)10(13)16-7-8-3-5-9(12)6-4-8/h3-6,10H,2,7H2,1H3. The zero-order chi connectivity index (χ0) is 12.0. The Balaban J connectivity index is 2.39. The van der Waals surface area contributed by atoms with Crippen LogP contribution in [0.25, 0.3) is 0 Å². The fraction of sp³-hybridized carbons (Fsp3) is 0.364. The van der Waals surface area contributed by atoms with E-state index in [4.69, 9.17) is 11.6 Å². The van der Waals surface area contributed by atoms with Crippen LogP contribution in [0.5, 0.6) is 0 Å². The lowest BCUT2D eigenvalue weighted by Crippen LogP contribution is -2.15. The number of carbonyl (C=O) groups excluding carboxylic acids is 1. The van der Waals surface area contributed by atoms with Crippen molar-refractivity contribution in [3.63, 3.8) is 0 Å². The Morgan fingerprint density at radius 2 is 2.12 bits per heavy atom. The average Bonchev–Trinajstić information content (AvgIpc) is 2.28. The van der Waals surface area contributed by atoms with Crippen LogP contribution in [0.3, 0.4) is 0 Å². The van der Waals surface area contributed by atoms with Crippen LogP contribution in [-0.4, -0.2) is 18.1 Å². The number of hydrogen-bond acceptors (Lipinski definition) is 3. The van der Waals surface area contributed by atoms with E-state index in [0.29, 0.717) is 10.8 Å². The largest absolute Gasteiger partial charge is 0.463 e. The maximum absolute atomic E-state index is 13.2. The van der Waals surface area contributed by atoms with Crippen LogP contribution in [0, 0.1) is 0 Å². The van der Waals surface area contributed by atoms with E-state index in [1.807, 2.05) is 0 Å². The van der Waals surface area contributed by atoms with Gasteiger partial charge < -0.3 is 4.74 Å². The SMILES string of the molecule is CCOC(=O)C(F)SCc1ccc(Cl)cc1. The molecule has 0 heterocycles. The van der Waals surface area contributed by atoms with Crippen molar-refractivity contribution in [1.82, 2.24) is 0 Å². The molecule has 1 aromatic carbocycles. The molecular formula is C11H12ClFO2S. The first-order valence-electron chi connectivity index (χ1n) is 4.80. The van der Waals surface area contributed by atoms with Gasteiger partial charge in [0, 0.05) is 10.8 Å². The molecule has 2 nitrogen and oxygen atoms in total. The van der Waals surface area contributed by atoms with E-state index < -0.39 is 11.5 Å². The van der Waals surface area contributed by atoms with Gasteiger partial charge in [-0.25, -0.2) is 9.18 Å². The van der Waals surface area contributed by atoms with E-state index in [1.54, 1.807) is 31.2 Å². The number of halogens is 2. The summed E-state index contributed by atoms with van der Waals surface area (Å²) in [5, 5.41) is 0.635. The molecule has 0 radical (unpaired) electrons. The molecule has 16 heavy (non-hydrogen) atoms. The lowest BCUT2D eigenvalue weighted by molar-refractivity contribution is -0.145. The minimum absolute atomic E-state index is 0.195. The minimum atomic E-state index is -1.63. The van der Waals surface area contributed by atoms with Gasteiger partial charge >= 0.3 is 5.97 Å². The molecule has 0 aliphatic rings. The highest BCUT2D eigenvalue weighted by Gasteiger charge is 2.18. The van der Waals surface area contributed by atoms with E-state index in [0.717, 1.165) is 17.3 Å². The van der Waals surface area contributed by atoms with Crippen molar-refractivity contribution in [1.29, 1.82) is 0 Å². The minimum Gasteiger partial charge on any atom is -0.463 e. The van der Waals surface area contributed by atoms with Crippen LogP contribution < -0.4 is 0 Å². The van der Waals surface area contributed by atoms with Gasteiger partial charge in [-0.05, 0) is 24.6 Å². The Morgan fingerprint density at radius 3 is 2.69 bits per heavy atom. The first-order chi connectivity index (χ1) is 7.63. The van der Waals surface area contributed by atoms with Crippen LogP contribution in [0.15, 0.2) is 24.3 Å². The maximum atomic E-state index is 13.2. The Labute approximate surface area is 103 Å². The van der Waals surface area contributed by atoms with Crippen LogP contribution in [0.2, 0.25) is 5.02 Å². The molecular weight excluding hydrogens is 251 g/mol. The number of rotatable bonds is 5. The summed E-state index contributed by atoms with van der Waals surface area (Å²) >= 11 is 6.61. The van der Waals surface area contributed by atoms with Crippen LogP contribution in [0.1, 0.15) is 12.5 Å². The highest BCUT2D eigenvalue weighted by molar-refractivity contribution is 7.99. The highest BCUT2D eigenvalue weighted by Crippen LogP contribution is 2.21. The molecule has 1 aromatic rings. The third-order valence-corrected chi connectivity index (χ3v) is 3.02. The second-order valence-corrected chi connectivity index (χ2v) is 4.48. The number of hydrogen-bond donors (Lipinski definition) is 0.